The second kappa shape index (κ2) is 8.52. The molecule has 0 unspecified atom stereocenters. The smallest absolute Gasteiger partial charge is 0.415 e. The normalized spacial score (nSPS) is 11.2. The molecule has 0 aliphatic heterocycles. The van der Waals surface area contributed by atoms with Gasteiger partial charge < -0.3 is 9.47 Å². The van der Waals surface area contributed by atoms with E-state index >= 15 is 0 Å². The maximum Gasteiger partial charge on any atom is 0.415 e. The van der Waals surface area contributed by atoms with Gasteiger partial charge in [0, 0.05) is 12.1 Å². The third kappa shape index (κ3) is 5.29. The van der Waals surface area contributed by atoms with Crippen LogP contribution in [0.25, 0.3) is 10.6 Å². The van der Waals surface area contributed by atoms with E-state index in [4.69, 9.17) is 9.47 Å². The van der Waals surface area contributed by atoms with Gasteiger partial charge in [0.15, 0.2) is 5.69 Å². The van der Waals surface area contributed by atoms with Gasteiger partial charge in [0.25, 0.3) is 0 Å². The summed E-state index contributed by atoms with van der Waals surface area (Å²) >= 11 is 1.28. The summed E-state index contributed by atoms with van der Waals surface area (Å²) in [5.74, 6) is -0.551. The van der Waals surface area contributed by atoms with Gasteiger partial charge in [0.2, 0.25) is 0 Å². The van der Waals surface area contributed by atoms with Crippen molar-refractivity contribution in [3.8, 4) is 10.6 Å². The molecular weight excluding hydrogens is 364 g/mol. The largest absolute Gasteiger partial charge is 0.461 e. The zero-order valence-electron chi connectivity index (χ0n) is 16.7. The molecule has 0 atom stereocenters. The van der Waals surface area contributed by atoms with Crippen LogP contribution in [0.5, 0.6) is 0 Å². The zero-order chi connectivity index (χ0) is 20.2. The van der Waals surface area contributed by atoms with Gasteiger partial charge in [-0.05, 0) is 47.6 Å². The van der Waals surface area contributed by atoms with Crippen molar-refractivity contribution in [3.63, 3.8) is 0 Å². The van der Waals surface area contributed by atoms with Gasteiger partial charge in [-0.25, -0.2) is 14.6 Å². The molecule has 1 aromatic heterocycles. The molecule has 0 aliphatic rings. The number of aromatic nitrogens is 1. The van der Waals surface area contributed by atoms with Crippen molar-refractivity contribution in [3.05, 3.63) is 35.5 Å². The number of aryl methyl sites for hydroxylation is 1. The summed E-state index contributed by atoms with van der Waals surface area (Å²) in [5, 5.41) is 1.08. The lowest BCUT2D eigenvalue weighted by Gasteiger charge is -2.25. The molecule has 146 valence electrons. The first kappa shape index (κ1) is 20.9. The number of benzene rings is 1. The first-order chi connectivity index (χ1) is 12.7. The van der Waals surface area contributed by atoms with Crippen LogP contribution >= 0.6 is 11.3 Å². The zero-order valence-corrected chi connectivity index (χ0v) is 17.5. The van der Waals surface area contributed by atoms with E-state index in [1.165, 1.54) is 16.2 Å². The fraction of sp³-hybridized carbons (Fsp3) is 0.450. The molecule has 0 saturated heterocycles. The Morgan fingerprint density at radius 2 is 1.93 bits per heavy atom. The van der Waals surface area contributed by atoms with Gasteiger partial charge in [-0.1, -0.05) is 35.1 Å². The fourth-order valence-corrected chi connectivity index (χ4v) is 3.51. The van der Waals surface area contributed by atoms with Crippen LogP contribution in [-0.4, -0.2) is 35.8 Å². The van der Waals surface area contributed by atoms with E-state index in [2.05, 4.69) is 4.98 Å². The van der Waals surface area contributed by atoms with Crippen LogP contribution in [0.15, 0.2) is 24.3 Å². The number of carbonyl (C=O) groups is 2. The average molecular weight is 391 g/mol. The molecule has 0 N–H and O–H groups in total. The topological polar surface area (TPSA) is 68.7 Å². The Morgan fingerprint density at radius 1 is 1.22 bits per heavy atom. The predicted molar refractivity (Wildman–Crippen MR) is 107 cm³/mol. The van der Waals surface area contributed by atoms with Crippen molar-refractivity contribution in [2.45, 2.75) is 47.1 Å². The lowest BCUT2D eigenvalue weighted by Crippen LogP contribution is -2.37. The molecule has 0 saturated carbocycles. The summed E-state index contributed by atoms with van der Waals surface area (Å²) in [4.78, 5) is 31.0. The Morgan fingerprint density at radius 3 is 2.48 bits per heavy atom. The van der Waals surface area contributed by atoms with Gasteiger partial charge >= 0.3 is 12.1 Å². The Bertz CT molecular complexity index is 824. The average Bonchev–Trinajstić information content (AvgIpc) is 2.99. The number of ether oxygens (including phenoxy) is 2. The van der Waals surface area contributed by atoms with Crippen LogP contribution in [0.2, 0.25) is 0 Å². The minimum Gasteiger partial charge on any atom is -0.461 e. The van der Waals surface area contributed by atoms with E-state index in [0.717, 1.165) is 11.1 Å². The molecule has 6 nitrogen and oxygen atoms in total. The Balaban J connectivity index is 2.51. The van der Waals surface area contributed by atoms with E-state index in [-0.39, 0.29) is 12.3 Å². The number of rotatable bonds is 5. The maximum atomic E-state index is 12.7. The third-order valence-electron chi connectivity index (χ3n) is 3.52. The summed E-state index contributed by atoms with van der Waals surface area (Å²) in [6.45, 7) is 11.5. The van der Waals surface area contributed by atoms with Crippen LogP contribution in [-0.2, 0) is 9.47 Å². The van der Waals surface area contributed by atoms with Crippen molar-refractivity contribution in [2.24, 2.45) is 0 Å². The van der Waals surface area contributed by atoms with Crippen molar-refractivity contribution >= 4 is 28.4 Å². The second-order valence-electron chi connectivity index (χ2n) is 6.99. The molecule has 27 heavy (non-hydrogen) atoms. The number of hydrogen-bond acceptors (Lipinski definition) is 6. The number of nitrogens with zero attached hydrogens (tertiary/aromatic N) is 2. The van der Waals surface area contributed by atoms with Crippen LogP contribution < -0.4 is 4.90 Å². The monoisotopic (exact) mass is 390 g/mol. The molecule has 1 aromatic carbocycles. The molecule has 0 radical (unpaired) electrons. The fourth-order valence-electron chi connectivity index (χ4n) is 2.40. The number of amides is 1. The summed E-state index contributed by atoms with van der Waals surface area (Å²) < 4.78 is 10.6. The van der Waals surface area contributed by atoms with Crippen LogP contribution in [0.3, 0.4) is 0 Å². The Hall–Kier alpha value is -2.41. The first-order valence-electron chi connectivity index (χ1n) is 8.91. The summed E-state index contributed by atoms with van der Waals surface area (Å²) in [6, 6.07) is 7.83. The molecule has 0 spiro atoms. The minimum absolute atomic E-state index is 0.131. The van der Waals surface area contributed by atoms with Gasteiger partial charge in [-0.15, -0.1) is 0 Å². The third-order valence-corrected chi connectivity index (χ3v) is 4.65. The van der Waals surface area contributed by atoms with E-state index in [9.17, 15) is 9.59 Å². The number of carbonyl (C=O) groups excluding carboxylic acids is 2. The molecule has 1 amide bonds. The second-order valence-corrected chi connectivity index (χ2v) is 7.96. The van der Waals surface area contributed by atoms with Crippen LogP contribution in [0.1, 0.15) is 50.7 Å². The van der Waals surface area contributed by atoms with Crippen LogP contribution in [0.4, 0.5) is 9.80 Å². The number of esters is 1. The summed E-state index contributed by atoms with van der Waals surface area (Å²) in [6.07, 6.45) is -0.519. The molecule has 1 heterocycles. The number of anilines is 1. The van der Waals surface area contributed by atoms with Gasteiger partial charge in [-0.3, -0.25) is 4.90 Å². The number of hydrogen-bond donors (Lipinski definition) is 0. The quantitative estimate of drug-likeness (QED) is 0.668. The lowest BCUT2D eigenvalue weighted by atomic mass is 10.1. The first-order valence-corrected chi connectivity index (χ1v) is 9.73. The van der Waals surface area contributed by atoms with E-state index in [0.29, 0.717) is 16.6 Å². The maximum absolute atomic E-state index is 12.7. The molecule has 0 fully saturated rings. The molecule has 0 bridgehead atoms. The Kier molecular flexibility index (Phi) is 6.59. The summed E-state index contributed by atoms with van der Waals surface area (Å²) in [7, 11) is 0. The highest BCUT2D eigenvalue weighted by atomic mass is 32.1. The van der Waals surface area contributed by atoms with E-state index < -0.39 is 17.7 Å². The van der Waals surface area contributed by atoms with Gasteiger partial charge in [-0.2, -0.15) is 0 Å². The van der Waals surface area contributed by atoms with Crippen molar-refractivity contribution in [1.29, 1.82) is 0 Å². The van der Waals surface area contributed by atoms with Gasteiger partial charge in [0.05, 0.1) is 6.61 Å². The molecular formula is C20H26N2O4S. The lowest BCUT2D eigenvalue weighted by molar-refractivity contribution is 0.0521. The van der Waals surface area contributed by atoms with Crippen molar-refractivity contribution in [1.82, 2.24) is 4.98 Å². The van der Waals surface area contributed by atoms with E-state index in [1.807, 2.05) is 38.1 Å². The highest BCUT2D eigenvalue weighted by Crippen LogP contribution is 2.36. The predicted octanol–water partition coefficient (Wildman–Crippen LogP) is 5.06. The molecule has 0 aliphatic carbocycles. The SMILES string of the molecule is CCOC(=O)c1nc(-c2cccc(C)c2)sc1N(CC)C(=O)OC(C)(C)C. The highest BCUT2D eigenvalue weighted by Gasteiger charge is 2.30. The van der Waals surface area contributed by atoms with Crippen molar-refractivity contribution in [2.75, 3.05) is 18.1 Å². The van der Waals surface area contributed by atoms with Gasteiger partial charge in [0.1, 0.15) is 15.6 Å². The number of thiazole rings is 1. The van der Waals surface area contributed by atoms with Crippen LogP contribution in [0, 0.1) is 6.92 Å². The molecule has 7 heteroatoms. The van der Waals surface area contributed by atoms with Crippen molar-refractivity contribution < 1.29 is 19.1 Å². The highest BCUT2D eigenvalue weighted by molar-refractivity contribution is 7.19. The Labute approximate surface area is 164 Å². The minimum atomic E-state index is -0.640. The standard InChI is InChI=1S/C20H26N2O4S/c1-7-22(19(24)26-20(4,5)6)17-15(18(23)25-8-2)21-16(27-17)14-11-9-10-13(3)12-14/h9-12H,7-8H2,1-6H3. The molecule has 2 aromatic rings. The van der Waals surface area contributed by atoms with E-state index in [1.54, 1.807) is 27.7 Å². The summed E-state index contributed by atoms with van der Waals surface area (Å²) in [5.41, 5.74) is 1.46. The molecule has 2 rings (SSSR count).